The van der Waals surface area contributed by atoms with Gasteiger partial charge in [-0.1, -0.05) is 18.2 Å². The molecule has 3 rings (SSSR count). The average molecular weight is 406 g/mol. The van der Waals surface area contributed by atoms with E-state index in [0.717, 1.165) is 17.7 Å². The van der Waals surface area contributed by atoms with Crippen LogP contribution in [0.4, 0.5) is 4.39 Å². The molecule has 150 valence electrons. The number of hydrogen-bond acceptors (Lipinski definition) is 4. The maximum absolute atomic E-state index is 13.0. The first kappa shape index (κ1) is 20.4. The molecule has 0 saturated carbocycles. The van der Waals surface area contributed by atoms with Crippen molar-refractivity contribution in [2.75, 3.05) is 20.2 Å². The second-order valence-corrected chi connectivity index (χ2v) is 8.45. The van der Waals surface area contributed by atoms with E-state index in [1.165, 1.54) is 12.1 Å². The topological polar surface area (TPSA) is 75.7 Å². The predicted octanol–water partition coefficient (Wildman–Crippen LogP) is 2.56. The van der Waals surface area contributed by atoms with E-state index >= 15 is 0 Å². The van der Waals surface area contributed by atoms with Crippen molar-refractivity contribution in [1.82, 2.24) is 9.62 Å². The summed E-state index contributed by atoms with van der Waals surface area (Å²) in [5.74, 6) is -0.563. The summed E-state index contributed by atoms with van der Waals surface area (Å²) in [6, 6.07) is 11.8. The number of nitrogens with one attached hydrogen (secondary N) is 1. The molecule has 1 aliphatic rings. The van der Waals surface area contributed by atoms with E-state index in [-0.39, 0.29) is 16.8 Å². The van der Waals surface area contributed by atoms with Gasteiger partial charge in [0.25, 0.3) is 5.91 Å². The van der Waals surface area contributed by atoms with Crippen LogP contribution in [0, 0.1) is 5.82 Å². The van der Waals surface area contributed by atoms with Gasteiger partial charge in [0.05, 0.1) is 11.5 Å². The molecule has 2 aromatic rings. The van der Waals surface area contributed by atoms with Crippen LogP contribution in [0.2, 0.25) is 0 Å². The first-order chi connectivity index (χ1) is 13.4. The van der Waals surface area contributed by atoms with Crippen LogP contribution in [0.5, 0.6) is 0 Å². The summed E-state index contributed by atoms with van der Waals surface area (Å²) in [7, 11) is -2.13. The number of ether oxygens (including phenoxy) is 1. The molecule has 6 nitrogen and oxygen atoms in total. The Bertz CT molecular complexity index is 923. The quantitative estimate of drug-likeness (QED) is 0.800. The van der Waals surface area contributed by atoms with Crippen LogP contribution in [0.1, 0.15) is 28.8 Å². The minimum Gasteiger partial charge on any atom is -0.380 e. The number of likely N-dealkylation sites (tertiary alicyclic amines) is 1. The first-order valence-corrected chi connectivity index (χ1v) is 10.5. The molecule has 1 saturated heterocycles. The Morgan fingerprint density at radius 2 is 1.79 bits per heavy atom. The van der Waals surface area contributed by atoms with Gasteiger partial charge in [0.2, 0.25) is 10.0 Å². The number of carbonyl (C=O) groups excluding carboxylic acids is 1. The molecule has 1 aliphatic heterocycles. The van der Waals surface area contributed by atoms with Gasteiger partial charge >= 0.3 is 0 Å². The molecule has 28 heavy (non-hydrogen) atoms. The fraction of sp³-hybridized carbons (Fsp3) is 0.350. The van der Waals surface area contributed by atoms with E-state index in [1.54, 1.807) is 18.1 Å². The third-order valence-electron chi connectivity index (χ3n) is 4.78. The number of piperidine rings is 1. The fourth-order valence-corrected chi connectivity index (χ4v) is 4.59. The lowest BCUT2D eigenvalue weighted by Crippen LogP contribution is -2.46. The molecule has 1 fully saturated rings. The third kappa shape index (κ3) is 4.76. The summed E-state index contributed by atoms with van der Waals surface area (Å²) < 4.78 is 45.7. The number of carbonyl (C=O) groups is 1. The molecule has 8 heteroatoms. The van der Waals surface area contributed by atoms with Crippen LogP contribution in [0.3, 0.4) is 0 Å². The van der Waals surface area contributed by atoms with E-state index in [9.17, 15) is 17.6 Å². The Balaban J connectivity index is 1.61. The Morgan fingerprint density at radius 1 is 1.14 bits per heavy atom. The smallest absolute Gasteiger partial charge is 0.254 e. The van der Waals surface area contributed by atoms with Gasteiger partial charge in [-0.05, 0) is 48.7 Å². The maximum Gasteiger partial charge on any atom is 0.254 e. The minimum atomic E-state index is -3.72. The number of sulfonamides is 1. The SMILES string of the molecule is COCc1ccccc1C(=O)N1CCC(NS(=O)(=O)c2ccc(F)cc2)CC1. The van der Waals surface area contributed by atoms with Crippen LogP contribution in [-0.4, -0.2) is 45.5 Å². The van der Waals surface area contributed by atoms with Crippen molar-refractivity contribution >= 4 is 15.9 Å². The van der Waals surface area contributed by atoms with E-state index < -0.39 is 15.8 Å². The summed E-state index contributed by atoms with van der Waals surface area (Å²) in [6.07, 6.45) is 1.03. The molecule has 0 atom stereocenters. The highest BCUT2D eigenvalue weighted by Crippen LogP contribution is 2.19. The standard InChI is InChI=1S/C20H23FN2O4S/c1-27-14-15-4-2-3-5-19(15)20(24)23-12-10-17(11-13-23)22-28(25,26)18-8-6-16(21)7-9-18/h2-9,17,22H,10-14H2,1H3. The molecule has 0 aromatic heterocycles. The lowest BCUT2D eigenvalue weighted by Gasteiger charge is -2.32. The van der Waals surface area contributed by atoms with Gasteiger partial charge in [0.15, 0.2) is 0 Å². The normalized spacial score (nSPS) is 15.6. The van der Waals surface area contributed by atoms with Gasteiger partial charge in [0, 0.05) is 31.8 Å². The number of methoxy groups -OCH3 is 1. The molecule has 0 aliphatic carbocycles. The van der Waals surface area contributed by atoms with Gasteiger partial charge < -0.3 is 9.64 Å². The Morgan fingerprint density at radius 3 is 2.43 bits per heavy atom. The number of amides is 1. The van der Waals surface area contributed by atoms with Crippen LogP contribution >= 0.6 is 0 Å². The van der Waals surface area contributed by atoms with Crippen LogP contribution in [0.15, 0.2) is 53.4 Å². The molecular weight excluding hydrogens is 383 g/mol. The largest absolute Gasteiger partial charge is 0.380 e. The number of hydrogen-bond donors (Lipinski definition) is 1. The van der Waals surface area contributed by atoms with Crippen molar-refractivity contribution in [3.8, 4) is 0 Å². The second kappa shape index (κ2) is 8.81. The Labute approximate surface area is 164 Å². The average Bonchev–Trinajstić information content (AvgIpc) is 2.69. The summed E-state index contributed by atoms with van der Waals surface area (Å²) in [4.78, 5) is 14.6. The van der Waals surface area contributed by atoms with Gasteiger partial charge in [-0.25, -0.2) is 17.5 Å². The molecule has 1 heterocycles. The molecule has 0 radical (unpaired) electrons. The zero-order valence-electron chi connectivity index (χ0n) is 15.6. The van der Waals surface area contributed by atoms with Gasteiger partial charge in [-0.15, -0.1) is 0 Å². The second-order valence-electron chi connectivity index (χ2n) is 6.73. The van der Waals surface area contributed by atoms with Crippen molar-refractivity contribution in [2.45, 2.75) is 30.4 Å². The zero-order chi connectivity index (χ0) is 20.1. The van der Waals surface area contributed by atoms with Crippen LogP contribution in [-0.2, 0) is 21.4 Å². The number of halogens is 1. The van der Waals surface area contributed by atoms with Crippen molar-refractivity contribution in [3.05, 3.63) is 65.5 Å². The van der Waals surface area contributed by atoms with Gasteiger partial charge in [0.1, 0.15) is 5.82 Å². The Hall–Kier alpha value is -2.29. The molecular formula is C20H23FN2O4S. The van der Waals surface area contributed by atoms with E-state index in [4.69, 9.17) is 4.74 Å². The highest BCUT2D eigenvalue weighted by Gasteiger charge is 2.28. The molecule has 0 spiro atoms. The van der Waals surface area contributed by atoms with E-state index in [1.807, 2.05) is 18.2 Å². The lowest BCUT2D eigenvalue weighted by molar-refractivity contribution is 0.0706. The highest BCUT2D eigenvalue weighted by molar-refractivity contribution is 7.89. The third-order valence-corrected chi connectivity index (χ3v) is 6.31. The van der Waals surface area contributed by atoms with Crippen molar-refractivity contribution in [2.24, 2.45) is 0 Å². The summed E-state index contributed by atoms with van der Waals surface area (Å²) in [5, 5.41) is 0. The fourth-order valence-electron chi connectivity index (χ4n) is 3.28. The number of benzene rings is 2. The molecule has 0 unspecified atom stereocenters. The van der Waals surface area contributed by atoms with E-state index in [2.05, 4.69) is 4.72 Å². The van der Waals surface area contributed by atoms with Crippen molar-refractivity contribution in [3.63, 3.8) is 0 Å². The van der Waals surface area contributed by atoms with Crippen LogP contribution in [0.25, 0.3) is 0 Å². The summed E-state index contributed by atoms with van der Waals surface area (Å²) in [6.45, 7) is 1.27. The lowest BCUT2D eigenvalue weighted by atomic mass is 10.0. The van der Waals surface area contributed by atoms with Gasteiger partial charge in [-0.2, -0.15) is 0 Å². The highest BCUT2D eigenvalue weighted by atomic mass is 32.2. The number of rotatable bonds is 6. The van der Waals surface area contributed by atoms with Crippen molar-refractivity contribution in [1.29, 1.82) is 0 Å². The number of nitrogens with zero attached hydrogens (tertiary/aromatic N) is 1. The molecule has 0 bridgehead atoms. The predicted molar refractivity (Wildman–Crippen MR) is 103 cm³/mol. The zero-order valence-corrected chi connectivity index (χ0v) is 16.4. The molecule has 1 amide bonds. The molecule has 1 N–H and O–H groups in total. The van der Waals surface area contributed by atoms with E-state index in [0.29, 0.717) is 38.1 Å². The maximum atomic E-state index is 13.0. The van der Waals surface area contributed by atoms with Gasteiger partial charge in [-0.3, -0.25) is 4.79 Å². The Kier molecular flexibility index (Phi) is 6.43. The summed E-state index contributed by atoms with van der Waals surface area (Å²) in [5.41, 5.74) is 1.43. The van der Waals surface area contributed by atoms with Crippen molar-refractivity contribution < 1.29 is 22.3 Å². The minimum absolute atomic E-state index is 0.0286. The first-order valence-electron chi connectivity index (χ1n) is 9.05. The monoisotopic (exact) mass is 406 g/mol. The molecule has 2 aromatic carbocycles. The summed E-state index contributed by atoms with van der Waals surface area (Å²) >= 11 is 0. The van der Waals surface area contributed by atoms with Crippen LogP contribution < -0.4 is 4.72 Å².